The molecule has 3 unspecified atom stereocenters. The Morgan fingerprint density at radius 1 is 1.00 bits per heavy atom. The van der Waals surface area contributed by atoms with Gasteiger partial charge in [0, 0.05) is 44.7 Å². The molecule has 0 aromatic carbocycles. The van der Waals surface area contributed by atoms with Crippen LogP contribution in [0.2, 0.25) is 0 Å². The summed E-state index contributed by atoms with van der Waals surface area (Å²) < 4.78 is 39.6. The Bertz CT molecular complexity index is 415. The van der Waals surface area contributed by atoms with E-state index in [4.69, 9.17) is 0 Å². The molecule has 3 fully saturated rings. The lowest BCUT2D eigenvalue weighted by Crippen LogP contribution is -2.55. The van der Waals surface area contributed by atoms with Gasteiger partial charge in [0.1, 0.15) is 0 Å². The second kappa shape index (κ2) is 6.97. The largest absolute Gasteiger partial charge is 0.392 e. The first-order chi connectivity index (χ1) is 11.0. The van der Waals surface area contributed by atoms with Gasteiger partial charge in [-0.2, -0.15) is 13.2 Å². The van der Waals surface area contributed by atoms with Crippen molar-refractivity contribution in [1.82, 2.24) is 15.1 Å². The molecule has 1 N–H and O–H groups in total. The molecule has 0 spiro atoms. The van der Waals surface area contributed by atoms with Crippen LogP contribution in [0, 0.1) is 11.8 Å². The van der Waals surface area contributed by atoms with Crippen molar-refractivity contribution in [1.29, 1.82) is 0 Å². The van der Waals surface area contributed by atoms with Gasteiger partial charge in [-0.05, 0) is 25.8 Å². The Labute approximate surface area is 135 Å². The minimum Gasteiger partial charge on any atom is -0.340 e. The summed E-state index contributed by atoms with van der Waals surface area (Å²) in [5, 5.41) is 3.33. The van der Waals surface area contributed by atoms with Gasteiger partial charge in [0.05, 0.1) is 5.92 Å². The van der Waals surface area contributed by atoms with Crippen LogP contribution in [0.4, 0.5) is 13.2 Å². The molecule has 3 rings (SSSR count). The van der Waals surface area contributed by atoms with E-state index in [1.54, 1.807) is 4.90 Å². The summed E-state index contributed by atoms with van der Waals surface area (Å²) in [6, 6.07) is 0.518. The van der Waals surface area contributed by atoms with Gasteiger partial charge in [0.15, 0.2) is 0 Å². The number of amides is 1. The summed E-state index contributed by atoms with van der Waals surface area (Å²) in [5.41, 5.74) is 0. The Morgan fingerprint density at radius 3 is 2.30 bits per heavy atom. The molecule has 1 aliphatic carbocycles. The summed E-state index contributed by atoms with van der Waals surface area (Å²) in [6.07, 6.45) is -1.33. The van der Waals surface area contributed by atoms with E-state index in [0.29, 0.717) is 32.0 Å². The molecule has 0 radical (unpaired) electrons. The normalized spacial score (nSPS) is 33.9. The Morgan fingerprint density at radius 2 is 1.70 bits per heavy atom. The second-order valence-corrected chi connectivity index (χ2v) is 7.05. The summed E-state index contributed by atoms with van der Waals surface area (Å²) in [6.45, 7) is 4.70. The van der Waals surface area contributed by atoms with Gasteiger partial charge < -0.3 is 10.2 Å². The highest BCUT2D eigenvalue weighted by atomic mass is 19.4. The van der Waals surface area contributed by atoms with Crippen molar-refractivity contribution < 1.29 is 18.0 Å². The predicted octanol–water partition coefficient (Wildman–Crippen LogP) is 1.86. The highest BCUT2D eigenvalue weighted by Crippen LogP contribution is 2.42. The monoisotopic (exact) mass is 333 g/mol. The van der Waals surface area contributed by atoms with Crippen molar-refractivity contribution in [2.24, 2.45) is 11.8 Å². The van der Waals surface area contributed by atoms with Gasteiger partial charge in [-0.3, -0.25) is 9.69 Å². The summed E-state index contributed by atoms with van der Waals surface area (Å²) in [5.74, 6) is -2.57. The maximum absolute atomic E-state index is 13.2. The van der Waals surface area contributed by atoms with Crippen LogP contribution < -0.4 is 5.32 Å². The maximum atomic E-state index is 13.2. The molecule has 4 nitrogen and oxygen atoms in total. The van der Waals surface area contributed by atoms with E-state index in [1.165, 1.54) is 0 Å². The summed E-state index contributed by atoms with van der Waals surface area (Å²) >= 11 is 0. The van der Waals surface area contributed by atoms with Crippen LogP contribution >= 0.6 is 0 Å². The molecule has 3 aliphatic rings. The summed E-state index contributed by atoms with van der Waals surface area (Å²) in [4.78, 5) is 16.7. The number of hydrogen-bond acceptors (Lipinski definition) is 3. The lowest BCUT2D eigenvalue weighted by Gasteiger charge is -2.41. The second-order valence-electron chi connectivity index (χ2n) is 7.05. The fourth-order valence-electron chi connectivity index (χ4n) is 4.31. The number of nitrogens with one attached hydrogen (secondary N) is 1. The van der Waals surface area contributed by atoms with E-state index < -0.39 is 18.0 Å². The van der Waals surface area contributed by atoms with Crippen LogP contribution in [-0.4, -0.2) is 67.2 Å². The SMILES string of the molecule is O=C(C1CCCCC1C(F)(F)F)N1CCN(C2CCNC2)CC1. The molecular formula is C16H26F3N3O. The number of halogens is 3. The minimum absolute atomic E-state index is 0.105. The van der Waals surface area contributed by atoms with Gasteiger partial charge in [-0.1, -0.05) is 12.8 Å². The standard InChI is InChI=1S/C16H26F3N3O/c17-16(18,19)14-4-2-1-3-13(14)15(23)22-9-7-21(8-10-22)12-5-6-20-11-12/h12-14,20H,1-11H2. The van der Waals surface area contributed by atoms with E-state index in [-0.39, 0.29) is 12.3 Å². The highest BCUT2D eigenvalue weighted by Gasteiger charge is 2.49. The molecule has 23 heavy (non-hydrogen) atoms. The van der Waals surface area contributed by atoms with Gasteiger partial charge in [-0.25, -0.2) is 0 Å². The lowest BCUT2D eigenvalue weighted by molar-refractivity contribution is -0.201. The van der Waals surface area contributed by atoms with E-state index in [2.05, 4.69) is 10.2 Å². The third-order valence-corrected chi connectivity index (χ3v) is 5.68. The number of carbonyl (C=O) groups excluding carboxylic acids is 1. The molecule has 0 aromatic rings. The first-order valence-electron chi connectivity index (χ1n) is 8.77. The fourth-order valence-corrected chi connectivity index (χ4v) is 4.31. The Balaban J connectivity index is 1.57. The van der Waals surface area contributed by atoms with Crippen molar-refractivity contribution >= 4 is 5.91 Å². The first kappa shape index (κ1) is 17.0. The Hall–Kier alpha value is -0.820. The zero-order chi connectivity index (χ0) is 16.4. The number of alkyl halides is 3. The third kappa shape index (κ3) is 3.82. The van der Waals surface area contributed by atoms with E-state index in [0.717, 1.165) is 39.0 Å². The average Bonchev–Trinajstić information content (AvgIpc) is 3.08. The minimum atomic E-state index is -4.25. The van der Waals surface area contributed by atoms with Crippen molar-refractivity contribution in [3.05, 3.63) is 0 Å². The van der Waals surface area contributed by atoms with Gasteiger partial charge in [0.2, 0.25) is 5.91 Å². The van der Waals surface area contributed by atoms with Crippen molar-refractivity contribution in [2.75, 3.05) is 39.3 Å². The van der Waals surface area contributed by atoms with Gasteiger partial charge in [0.25, 0.3) is 0 Å². The molecule has 1 saturated carbocycles. The highest BCUT2D eigenvalue weighted by molar-refractivity contribution is 5.79. The zero-order valence-electron chi connectivity index (χ0n) is 13.4. The third-order valence-electron chi connectivity index (χ3n) is 5.68. The van der Waals surface area contributed by atoms with Crippen LogP contribution in [0.15, 0.2) is 0 Å². The molecule has 3 atom stereocenters. The number of carbonyl (C=O) groups is 1. The maximum Gasteiger partial charge on any atom is 0.392 e. The molecule has 2 aliphatic heterocycles. The predicted molar refractivity (Wildman–Crippen MR) is 80.9 cm³/mol. The van der Waals surface area contributed by atoms with E-state index >= 15 is 0 Å². The molecule has 1 amide bonds. The van der Waals surface area contributed by atoms with Crippen molar-refractivity contribution in [3.63, 3.8) is 0 Å². The molecule has 2 saturated heterocycles. The van der Waals surface area contributed by atoms with Crippen LogP contribution in [0.25, 0.3) is 0 Å². The van der Waals surface area contributed by atoms with Crippen LogP contribution in [0.1, 0.15) is 32.1 Å². The van der Waals surface area contributed by atoms with Gasteiger partial charge >= 0.3 is 6.18 Å². The lowest BCUT2D eigenvalue weighted by atomic mass is 9.78. The molecule has 0 aromatic heterocycles. The fraction of sp³-hybridized carbons (Fsp3) is 0.938. The quantitative estimate of drug-likeness (QED) is 0.838. The molecule has 132 valence electrons. The van der Waals surface area contributed by atoms with Crippen LogP contribution in [0.3, 0.4) is 0 Å². The van der Waals surface area contributed by atoms with E-state index in [9.17, 15) is 18.0 Å². The molecule has 7 heteroatoms. The molecular weight excluding hydrogens is 307 g/mol. The van der Waals surface area contributed by atoms with Crippen LogP contribution in [-0.2, 0) is 4.79 Å². The Kier molecular flexibility index (Phi) is 5.16. The average molecular weight is 333 g/mol. The molecule has 0 bridgehead atoms. The zero-order valence-corrected chi connectivity index (χ0v) is 13.4. The number of nitrogens with zero attached hydrogens (tertiary/aromatic N) is 2. The first-order valence-corrected chi connectivity index (χ1v) is 8.77. The van der Waals surface area contributed by atoms with Crippen LogP contribution in [0.5, 0.6) is 0 Å². The number of rotatable bonds is 2. The van der Waals surface area contributed by atoms with Crippen molar-refractivity contribution in [2.45, 2.75) is 44.3 Å². The molecule has 2 heterocycles. The van der Waals surface area contributed by atoms with Crippen molar-refractivity contribution in [3.8, 4) is 0 Å². The number of piperazine rings is 1. The number of hydrogen-bond donors (Lipinski definition) is 1. The van der Waals surface area contributed by atoms with Gasteiger partial charge in [-0.15, -0.1) is 0 Å². The topological polar surface area (TPSA) is 35.6 Å². The summed E-state index contributed by atoms with van der Waals surface area (Å²) in [7, 11) is 0. The smallest absolute Gasteiger partial charge is 0.340 e. The van der Waals surface area contributed by atoms with E-state index in [1.807, 2.05) is 0 Å².